The van der Waals surface area contributed by atoms with Crippen LogP contribution in [0.25, 0.3) is 0 Å². The lowest BCUT2D eigenvalue weighted by molar-refractivity contribution is -0.133. The van der Waals surface area contributed by atoms with Gasteiger partial charge in [-0.1, -0.05) is 0 Å². The minimum absolute atomic E-state index is 0. The first-order valence-electron chi connectivity index (χ1n) is 5.70. The smallest absolute Gasteiger partial charge is 0.247 e. The molecule has 5 nitrogen and oxygen atoms in total. The predicted octanol–water partition coefficient (Wildman–Crippen LogP) is 1.09. The SMILES string of the molecule is CC(C(=O)N1CCC(CN)C1)n1cccn1.Cl.Cl. The second kappa shape index (κ2) is 7.61. The molecule has 2 heterocycles. The van der Waals surface area contributed by atoms with Crippen LogP contribution in [0.1, 0.15) is 19.4 Å². The van der Waals surface area contributed by atoms with Gasteiger partial charge in [-0.05, 0) is 31.9 Å². The Morgan fingerprint density at radius 1 is 1.56 bits per heavy atom. The molecule has 104 valence electrons. The van der Waals surface area contributed by atoms with E-state index in [-0.39, 0.29) is 36.8 Å². The van der Waals surface area contributed by atoms with E-state index in [9.17, 15) is 4.79 Å². The van der Waals surface area contributed by atoms with Crippen LogP contribution in [0.4, 0.5) is 0 Å². The zero-order chi connectivity index (χ0) is 11.5. The molecule has 1 fully saturated rings. The highest BCUT2D eigenvalue weighted by Crippen LogP contribution is 2.18. The van der Waals surface area contributed by atoms with Gasteiger partial charge in [-0.2, -0.15) is 5.10 Å². The molecule has 18 heavy (non-hydrogen) atoms. The van der Waals surface area contributed by atoms with Crippen molar-refractivity contribution in [3.8, 4) is 0 Å². The molecule has 0 radical (unpaired) electrons. The van der Waals surface area contributed by atoms with Crippen LogP contribution in [0.3, 0.4) is 0 Å². The van der Waals surface area contributed by atoms with Crippen LogP contribution in [0.2, 0.25) is 0 Å². The molecule has 1 aliphatic rings. The third-order valence-electron chi connectivity index (χ3n) is 3.21. The molecule has 1 aliphatic heterocycles. The molecule has 2 atom stereocenters. The molecular weight excluding hydrogens is 275 g/mol. The van der Waals surface area contributed by atoms with Gasteiger partial charge in [0.2, 0.25) is 5.91 Å². The van der Waals surface area contributed by atoms with E-state index in [0.717, 1.165) is 19.5 Å². The average molecular weight is 295 g/mol. The summed E-state index contributed by atoms with van der Waals surface area (Å²) >= 11 is 0. The van der Waals surface area contributed by atoms with E-state index in [4.69, 9.17) is 5.73 Å². The highest BCUT2D eigenvalue weighted by Gasteiger charge is 2.28. The Labute approximate surface area is 120 Å². The van der Waals surface area contributed by atoms with Gasteiger partial charge < -0.3 is 10.6 Å². The molecule has 1 aromatic heterocycles. The van der Waals surface area contributed by atoms with Crippen molar-refractivity contribution in [2.24, 2.45) is 11.7 Å². The minimum atomic E-state index is -0.216. The molecule has 1 aromatic rings. The normalized spacial score (nSPS) is 19.9. The van der Waals surface area contributed by atoms with Gasteiger partial charge in [-0.3, -0.25) is 9.48 Å². The molecule has 0 bridgehead atoms. The van der Waals surface area contributed by atoms with E-state index in [2.05, 4.69) is 5.10 Å². The third kappa shape index (κ3) is 3.60. The Morgan fingerprint density at radius 3 is 2.78 bits per heavy atom. The Balaban J connectivity index is 0.00000144. The topological polar surface area (TPSA) is 64.2 Å². The van der Waals surface area contributed by atoms with Gasteiger partial charge in [-0.25, -0.2) is 0 Å². The summed E-state index contributed by atoms with van der Waals surface area (Å²) in [5, 5.41) is 4.09. The Kier molecular flexibility index (Phi) is 7.28. The number of rotatable bonds is 3. The van der Waals surface area contributed by atoms with Crippen molar-refractivity contribution >= 4 is 30.7 Å². The molecule has 0 aromatic carbocycles. The van der Waals surface area contributed by atoms with Gasteiger partial charge in [0.15, 0.2) is 0 Å². The van der Waals surface area contributed by atoms with E-state index in [0.29, 0.717) is 12.5 Å². The molecule has 0 saturated carbocycles. The van der Waals surface area contributed by atoms with Gasteiger partial charge in [0.1, 0.15) is 6.04 Å². The minimum Gasteiger partial charge on any atom is -0.341 e. The standard InChI is InChI=1S/C11H18N4O.2ClH/c1-9(15-5-2-4-13-15)11(16)14-6-3-10(7-12)8-14;;/h2,4-5,9-10H,3,6-8,12H2,1H3;2*1H. The first kappa shape index (κ1) is 17.2. The summed E-state index contributed by atoms with van der Waals surface area (Å²) in [5.74, 6) is 0.605. The fourth-order valence-electron chi connectivity index (χ4n) is 2.11. The van der Waals surface area contributed by atoms with Crippen molar-refractivity contribution in [2.45, 2.75) is 19.4 Å². The maximum absolute atomic E-state index is 12.1. The van der Waals surface area contributed by atoms with E-state index in [1.54, 1.807) is 10.9 Å². The first-order valence-corrected chi connectivity index (χ1v) is 5.70. The van der Waals surface area contributed by atoms with Crippen LogP contribution in [0.5, 0.6) is 0 Å². The van der Waals surface area contributed by atoms with Crippen molar-refractivity contribution in [3.63, 3.8) is 0 Å². The predicted molar refractivity (Wildman–Crippen MR) is 75.2 cm³/mol. The van der Waals surface area contributed by atoms with Crippen molar-refractivity contribution in [3.05, 3.63) is 18.5 Å². The van der Waals surface area contributed by atoms with Gasteiger partial charge in [0.05, 0.1) is 0 Å². The second-order valence-electron chi connectivity index (χ2n) is 4.34. The van der Waals surface area contributed by atoms with Gasteiger partial charge in [0.25, 0.3) is 0 Å². The molecule has 0 spiro atoms. The monoisotopic (exact) mass is 294 g/mol. The van der Waals surface area contributed by atoms with Crippen LogP contribution in [-0.4, -0.2) is 40.2 Å². The molecule has 2 rings (SSSR count). The maximum Gasteiger partial charge on any atom is 0.247 e. The van der Waals surface area contributed by atoms with E-state index < -0.39 is 0 Å². The highest BCUT2D eigenvalue weighted by atomic mass is 35.5. The second-order valence-corrected chi connectivity index (χ2v) is 4.34. The molecule has 1 saturated heterocycles. The van der Waals surface area contributed by atoms with Crippen LogP contribution >= 0.6 is 24.8 Å². The first-order chi connectivity index (χ1) is 7.72. The van der Waals surface area contributed by atoms with E-state index in [1.165, 1.54) is 0 Å². The zero-order valence-electron chi connectivity index (χ0n) is 10.4. The van der Waals surface area contributed by atoms with E-state index >= 15 is 0 Å². The molecule has 2 N–H and O–H groups in total. The molecule has 2 unspecified atom stereocenters. The number of likely N-dealkylation sites (tertiary alicyclic amines) is 1. The number of nitrogens with two attached hydrogens (primary N) is 1. The summed E-state index contributed by atoms with van der Waals surface area (Å²) in [5.41, 5.74) is 5.61. The molecular formula is C11H20Cl2N4O. The summed E-state index contributed by atoms with van der Waals surface area (Å²) < 4.78 is 1.69. The lowest BCUT2D eigenvalue weighted by Crippen LogP contribution is -2.35. The summed E-state index contributed by atoms with van der Waals surface area (Å²) in [6.45, 7) is 4.16. The van der Waals surface area contributed by atoms with Crippen molar-refractivity contribution < 1.29 is 4.79 Å². The summed E-state index contributed by atoms with van der Waals surface area (Å²) in [6, 6.07) is 1.61. The third-order valence-corrected chi connectivity index (χ3v) is 3.21. The number of hydrogen-bond donors (Lipinski definition) is 1. The van der Waals surface area contributed by atoms with Gasteiger partial charge in [-0.15, -0.1) is 24.8 Å². The van der Waals surface area contributed by atoms with Crippen molar-refractivity contribution in [1.29, 1.82) is 0 Å². The number of halogens is 2. The maximum atomic E-state index is 12.1. The Morgan fingerprint density at radius 2 is 2.28 bits per heavy atom. The van der Waals surface area contributed by atoms with Crippen LogP contribution in [0.15, 0.2) is 18.5 Å². The highest BCUT2D eigenvalue weighted by molar-refractivity contribution is 5.85. The molecule has 0 aliphatic carbocycles. The molecule has 1 amide bonds. The Hall–Kier alpha value is -0.780. The van der Waals surface area contributed by atoms with Crippen molar-refractivity contribution in [2.75, 3.05) is 19.6 Å². The lowest BCUT2D eigenvalue weighted by atomic mass is 10.1. The number of carbonyl (C=O) groups excluding carboxylic acids is 1. The number of amides is 1. The lowest BCUT2D eigenvalue weighted by Gasteiger charge is -2.21. The van der Waals surface area contributed by atoms with Gasteiger partial charge in [0, 0.05) is 25.5 Å². The summed E-state index contributed by atoms with van der Waals surface area (Å²) in [7, 11) is 0. The van der Waals surface area contributed by atoms with Crippen LogP contribution < -0.4 is 5.73 Å². The molecule has 7 heteroatoms. The van der Waals surface area contributed by atoms with Gasteiger partial charge >= 0.3 is 0 Å². The summed E-state index contributed by atoms with van der Waals surface area (Å²) in [4.78, 5) is 14.0. The fourth-order valence-corrected chi connectivity index (χ4v) is 2.11. The number of carbonyl (C=O) groups is 1. The Bertz CT molecular complexity index is 358. The quantitative estimate of drug-likeness (QED) is 0.908. The zero-order valence-corrected chi connectivity index (χ0v) is 12.0. The number of hydrogen-bond acceptors (Lipinski definition) is 3. The number of nitrogens with zero attached hydrogens (tertiary/aromatic N) is 3. The number of aromatic nitrogens is 2. The van der Waals surface area contributed by atoms with E-state index in [1.807, 2.05) is 24.1 Å². The average Bonchev–Trinajstić information content (AvgIpc) is 2.97. The van der Waals surface area contributed by atoms with Crippen LogP contribution in [0, 0.1) is 5.92 Å². The summed E-state index contributed by atoms with van der Waals surface area (Å²) in [6.07, 6.45) is 4.53. The van der Waals surface area contributed by atoms with Crippen molar-refractivity contribution in [1.82, 2.24) is 14.7 Å². The van der Waals surface area contributed by atoms with Crippen LogP contribution in [-0.2, 0) is 4.79 Å². The fraction of sp³-hybridized carbons (Fsp3) is 0.636. The largest absolute Gasteiger partial charge is 0.341 e.